The second kappa shape index (κ2) is 12.6. The molecule has 3 heterocycles. The summed E-state index contributed by atoms with van der Waals surface area (Å²) in [6.07, 6.45) is 2.51. The number of hydrogen-bond donors (Lipinski definition) is 1. The van der Waals surface area contributed by atoms with Crippen LogP contribution in [0.5, 0.6) is 0 Å². The lowest BCUT2D eigenvalue weighted by atomic mass is 10.0. The van der Waals surface area contributed by atoms with E-state index in [2.05, 4.69) is 32.2 Å². The van der Waals surface area contributed by atoms with Crippen LogP contribution in [0.3, 0.4) is 0 Å². The van der Waals surface area contributed by atoms with Gasteiger partial charge in [-0.05, 0) is 24.5 Å². The zero-order valence-corrected chi connectivity index (χ0v) is 21.3. The van der Waals surface area contributed by atoms with Gasteiger partial charge in [-0.15, -0.1) is 24.0 Å². The topological polar surface area (TPSA) is 58.6 Å². The minimum Gasteiger partial charge on any atom is -0.379 e. The van der Waals surface area contributed by atoms with Gasteiger partial charge in [0.25, 0.3) is 0 Å². The van der Waals surface area contributed by atoms with E-state index < -0.39 is 0 Å². The van der Waals surface area contributed by atoms with Gasteiger partial charge in [0.2, 0.25) is 0 Å². The molecule has 3 saturated heterocycles. The molecule has 3 aliphatic rings. The van der Waals surface area contributed by atoms with Gasteiger partial charge < -0.3 is 24.4 Å². The van der Waals surface area contributed by atoms with E-state index in [4.69, 9.17) is 25.8 Å². The molecule has 3 aliphatic heterocycles. The highest BCUT2D eigenvalue weighted by Crippen LogP contribution is 2.28. The lowest BCUT2D eigenvalue weighted by Crippen LogP contribution is -2.54. The molecule has 0 spiro atoms. The largest absolute Gasteiger partial charge is 0.379 e. The van der Waals surface area contributed by atoms with Crippen molar-refractivity contribution >= 4 is 41.5 Å². The van der Waals surface area contributed by atoms with Crippen LogP contribution in [0.15, 0.2) is 29.3 Å². The molecule has 0 radical (unpaired) electrons. The van der Waals surface area contributed by atoms with Crippen LogP contribution in [-0.4, -0.2) is 94.2 Å². The van der Waals surface area contributed by atoms with E-state index in [9.17, 15) is 0 Å². The third-order valence-corrected chi connectivity index (χ3v) is 6.53. The van der Waals surface area contributed by atoms with Crippen LogP contribution in [0.25, 0.3) is 0 Å². The van der Waals surface area contributed by atoms with E-state index in [0.717, 1.165) is 81.9 Å². The Balaban J connectivity index is 0.00000272. The molecule has 7 nitrogen and oxygen atoms in total. The average Bonchev–Trinajstić information content (AvgIpc) is 3.34. The molecule has 0 bridgehead atoms. The molecule has 9 heteroatoms. The molecule has 0 amide bonds. The fourth-order valence-electron chi connectivity index (χ4n) is 4.58. The summed E-state index contributed by atoms with van der Waals surface area (Å²) >= 11 is 6.57. The SMILES string of the molecule is CN=C(NCC(c1ccccc1Cl)N1CCOCC1)N1CCOC(C2CCCO2)C1.I. The average molecular weight is 565 g/mol. The lowest BCUT2D eigenvalue weighted by Gasteiger charge is -2.39. The first-order valence-electron chi connectivity index (χ1n) is 11.0. The second-order valence-electron chi connectivity index (χ2n) is 8.02. The van der Waals surface area contributed by atoms with Crippen molar-refractivity contribution in [3.8, 4) is 0 Å². The van der Waals surface area contributed by atoms with Gasteiger partial charge in [-0.1, -0.05) is 29.8 Å². The summed E-state index contributed by atoms with van der Waals surface area (Å²) in [5.74, 6) is 0.909. The summed E-state index contributed by atoms with van der Waals surface area (Å²) in [7, 11) is 1.85. The van der Waals surface area contributed by atoms with Gasteiger partial charge in [-0.3, -0.25) is 9.89 Å². The molecule has 174 valence electrons. The van der Waals surface area contributed by atoms with E-state index in [1.807, 2.05) is 19.2 Å². The molecular weight excluding hydrogens is 531 g/mol. The zero-order chi connectivity index (χ0) is 20.8. The van der Waals surface area contributed by atoms with Crippen molar-refractivity contribution in [3.63, 3.8) is 0 Å². The number of morpholine rings is 2. The van der Waals surface area contributed by atoms with E-state index in [-0.39, 0.29) is 42.2 Å². The Bertz CT molecular complexity index is 714. The van der Waals surface area contributed by atoms with Crippen LogP contribution >= 0.6 is 35.6 Å². The molecule has 1 aromatic rings. The second-order valence-corrected chi connectivity index (χ2v) is 8.43. The third-order valence-electron chi connectivity index (χ3n) is 6.19. The summed E-state index contributed by atoms with van der Waals surface area (Å²) in [6, 6.07) is 8.28. The van der Waals surface area contributed by atoms with Crippen LogP contribution in [0.2, 0.25) is 5.02 Å². The number of aliphatic imine (C=N–C) groups is 1. The third kappa shape index (κ3) is 6.45. The van der Waals surface area contributed by atoms with Crippen LogP contribution in [0.1, 0.15) is 24.4 Å². The molecule has 0 saturated carbocycles. The number of nitrogens with one attached hydrogen (secondary N) is 1. The van der Waals surface area contributed by atoms with Crippen molar-refractivity contribution in [2.45, 2.75) is 31.1 Å². The maximum absolute atomic E-state index is 6.57. The molecule has 31 heavy (non-hydrogen) atoms. The van der Waals surface area contributed by atoms with Crippen molar-refractivity contribution in [1.82, 2.24) is 15.1 Å². The van der Waals surface area contributed by atoms with Gasteiger partial charge in [0.05, 0.1) is 32.0 Å². The maximum Gasteiger partial charge on any atom is 0.193 e. The van der Waals surface area contributed by atoms with Crippen LogP contribution in [0.4, 0.5) is 0 Å². The Hall–Kier alpha value is -0.650. The number of ether oxygens (including phenoxy) is 3. The van der Waals surface area contributed by atoms with Gasteiger partial charge in [-0.2, -0.15) is 0 Å². The Morgan fingerprint density at radius 3 is 2.61 bits per heavy atom. The van der Waals surface area contributed by atoms with Crippen molar-refractivity contribution in [2.75, 3.05) is 66.2 Å². The monoisotopic (exact) mass is 564 g/mol. The molecule has 1 aromatic carbocycles. The molecule has 0 aromatic heterocycles. The summed E-state index contributed by atoms with van der Waals surface area (Å²) in [6.45, 7) is 7.21. The number of halogens is 2. The minimum absolute atomic E-state index is 0. The van der Waals surface area contributed by atoms with Crippen molar-refractivity contribution < 1.29 is 14.2 Å². The summed E-state index contributed by atoms with van der Waals surface area (Å²) in [4.78, 5) is 9.30. The molecule has 4 rings (SSSR count). The standard InChI is InChI=1S/C22H33ClN4O3.HI/c1-24-22(27-10-14-30-21(16-27)20-7-4-11-29-20)25-15-19(26-8-12-28-13-9-26)17-5-2-3-6-18(17)23;/h2-3,5-6,19-21H,4,7-16H2,1H3,(H,24,25);1H. The zero-order valence-electron chi connectivity index (χ0n) is 18.2. The Labute approximate surface area is 207 Å². The number of benzene rings is 1. The van der Waals surface area contributed by atoms with E-state index in [1.54, 1.807) is 0 Å². The Kier molecular flexibility index (Phi) is 10.1. The highest BCUT2D eigenvalue weighted by molar-refractivity contribution is 14.0. The highest BCUT2D eigenvalue weighted by Gasteiger charge is 2.33. The molecular formula is C22H34ClIN4O3. The smallest absolute Gasteiger partial charge is 0.193 e. The molecule has 0 aliphatic carbocycles. The summed E-state index contributed by atoms with van der Waals surface area (Å²) in [5, 5.41) is 4.41. The van der Waals surface area contributed by atoms with E-state index in [1.165, 1.54) is 0 Å². The predicted molar refractivity (Wildman–Crippen MR) is 134 cm³/mol. The van der Waals surface area contributed by atoms with Crippen LogP contribution < -0.4 is 5.32 Å². The fraction of sp³-hybridized carbons (Fsp3) is 0.682. The van der Waals surface area contributed by atoms with Gasteiger partial charge in [-0.25, -0.2) is 0 Å². The normalized spacial score (nSPS) is 26.4. The van der Waals surface area contributed by atoms with Crippen molar-refractivity contribution in [3.05, 3.63) is 34.9 Å². The number of rotatable bonds is 5. The maximum atomic E-state index is 6.57. The Morgan fingerprint density at radius 1 is 1.13 bits per heavy atom. The summed E-state index contributed by atoms with van der Waals surface area (Å²) < 4.78 is 17.4. The van der Waals surface area contributed by atoms with Crippen LogP contribution in [0, 0.1) is 0 Å². The van der Waals surface area contributed by atoms with Crippen molar-refractivity contribution in [1.29, 1.82) is 0 Å². The van der Waals surface area contributed by atoms with Gasteiger partial charge in [0.1, 0.15) is 6.10 Å². The molecule has 3 atom stereocenters. The van der Waals surface area contributed by atoms with Crippen molar-refractivity contribution in [2.24, 2.45) is 4.99 Å². The fourth-order valence-corrected chi connectivity index (χ4v) is 4.84. The predicted octanol–water partition coefficient (Wildman–Crippen LogP) is 2.79. The van der Waals surface area contributed by atoms with E-state index in [0.29, 0.717) is 6.61 Å². The lowest BCUT2D eigenvalue weighted by molar-refractivity contribution is -0.0817. The summed E-state index contributed by atoms with van der Waals surface area (Å²) in [5.41, 5.74) is 1.14. The molecule has 1 N–H and O–H groups in total. The number of guanidine groups is 1. The quantitative estimate of drug-likeness (QED) is 0.337. The van der Waals surface area contributed by atoms with Gasteiger partial charge >= 0.3 is 0 Å². The van der Waals surface area contributed by atoms with Crippen LogP contribution in [-0.2, 0) is 14.2 Å². The van der Waals surface area contributed by atoms with Gasteiger partial charge in [0, 0.05) is 51.4 Å². The minimum atomic E-state index is 0. The number of nitrogens with zero attached hydrogens (tertiary/aromatic N) is 3. The van der Waals surface area contributed by atoms with E-state index >= 15 is 0 Å². The first kappa shape index (κ1) is 25.0. The first-order valence-corrected chi connectivity index (χ1v) is 11.4. The van der Waals surface area contributed by atoms with Gasteiger partial charge in [0.15, 0.2) is 5.96 Å². The first-order chi connectivity index (χ1) is 14.8. The number of hydrogen-bond acceptors (Lipinski definition) is 5. The Morgan fingerprint density at radius 2 is 1.90 bits per heavy atom. The molecule has 3 fully saturated rings. The highest BCUT2D eigenvalue weighted by atomic mass is 127. The molecule has 3 unspecified atom stereocenters.